The van der Waals surface area contributed by atoms with Crippen LogP contribution in [-0.2, 0) is 0 Å². The maximum absolute atomic E-state index is 13.2. The molecule has 2 aromatic rings. The van der Waals surface area contributed by atoms with Gasteiger partial charge in [-0.05, 0) is 26.0 Å². The van der Waals surface area contributed by atoms with E-state index < -0.39 is 0 Å². The van der Waals surface area contributed by atoms with Crippen LogP contribution < -0.4 is 4.74 Å². The molecule has 94 valence electrons. The van der Waals surface area contributed by atoms with Gasteiger partial charge in [-0.25, -0.2) is 9.37 Å². The molecule has 1 aromatic carbocycles. The monoisotopic (exact) mass is 266 g/mol. The minimum Gasteiger partial charge on any atom is -0.490 e. The van der Waals surface area contributed by atoms with Gasteiger partial charge in [0.05, 0.1) is 24.2 Å². The lowest BCUT2D eigenvalue weighted by Crippen LogP contribution is -2.07. The summed E-state index contributed by atoms with van der Waals surface area (Å²) in [5, 5.41) is 0.312. The molecule has 3 nitrogen and oxygen atoms in total. The molecule has 0 aliphatic heterocycles. The van der Waals surface area contributed by atoms with E-state index in [0.717, 1.165) is 0 Å². The first-order valence-electron chi connectivity index (χ1n) is 5.50. The van der Waals surface area contributed by atoms with Crippen LogP contribution in [0.5, 0.6) is 5.75 Å². The molecule has 0 bridgehead atoms. The molecule has 0 saturated carbocycles. The van der Waals surface area contributed by atoms with E-state index in [1.165, 1.54) is 24.5 Å². The molecule has 0 saturated heterocycles. The first-order chi connectivity index (χ1) is 8.56. The highest BCUT2D eigenvalue weighted by Gasteiger charge is 2.11. The Labute approximate surface area is 110 Å². The van der Waals surface area contributed by atoms with Crippen LogP contribution >= 0.6 is 11.6 Å². The second-order valence-electron chi connectivity index (χ2n) is 4.03. The Morgan fingerprint density at radius 3 is 2.61 bits per heavy atom. The zero-order valence-electron chi connectivity index (χ0n) is 10.0. The van der Waals surface area contributed by atoms with E-state index in [1.807, 2.05) is 13.8 Å². The van der Waals surface area contributed by atoms with E-state index in [2.05, 4.69) is 9.97 Å². The minimum atomic E-state index is -0.351. The Kier molecular flexibility index (Phi) is 3.77. The summed E-state index contributed by atoms with van der Waals surface area (Å²) in [5.74, 6) is 0.0953. The van der Waals surface area contributed by atoms with Crippen molar-refractivity contribution in [1.82, 2.24) is 9.97 Å². The van der Waals surface area contributed by atoms with Crippen LogP contribution in [0, 0.1) is 5.82 Å². The fraction of sp³-hybridized carbons (Fsp3) is 0.231. The van der Waals surface area contributed by atoms with Crippen molar-refractivity contribution < 1.29 is 9.13 Å². The lowest BCUT2D eigenvalue weighted by Gasteiger charge is -2.13. The zero-order valence-corrected chi connectivity index (χ0v) is 10.8. The van der Waals surface area contributed by atoms with Crippen LogP contribution in [0.15, 0.2) is 30.6 Å². The van der Waals surface area contributed by atoms with Gasteiger partial charge >= 0.3 is 0 Å². The van der Waals surface area contributed by atoms with Crippen molar-refractivity contribution in [2.45, 2.75) is 20.0 Å². The average molecular weight is 267 g/mol. The predicted octanol–water partition coefficient (Wildman–Crippen LogP) is 3.72. The number of rotatable bonds is 3. The van der Waals surface area contributed by atoms with Crippen LogP contribution in [0.4, 0.5) is 4.39 Å². The molecular formula is C13H12ClFN2O. The van der Waals surface area contributed by atoms with E-state index in [9.17, 15) is 4.39 Å². The number of nitrogens with zero attached hydrogens (tertiary/aromatic N) is 2. The molecule has 0 aliphatic carbocycles. The van der Waals surface area contributed by atoms with Crippen LogP contribution in [-0.4, -0.2) is 16.1 Å². The lowest BCUT2D eigenvalue weighted by atomic mass is 10.1. The normalized spacial score (nSPS) is 10.7. The summed E-state index contributed by atoms with van der Waals surface area (Å²) in [6.07, 6.45) is 2.92. The highest BCUT2D eigenvalue weighted by molar-refractivity contribution is 6.29. The van der Waals surface area contributed by atoms with Gasteiger partial charge in [-0.2, -0.15) is 0 Å². The van der Waals surface area contributed by atoms with Crippen molar-refractivity contribution in [3.05, 3.63) is 41.6 Å². The van der Waals surface area contributed by atoms with Gasteiger partial charge in [0.15, 0.2) is 0 Å². The number of aromatic nitrogens is 2. The fourth-order valence-electron chi connectivity index (χ4n) is 1.51. The van der Waals surface area contributed by atoms with Crippen molar-refractivity contribution in [2.75, 3.05) is 0 Å². The van der Waals surface area contributed by atoms with Crippen LogP contribution in [0.3, 0.4) is 0 Å². The first kappa shape index (κ1) is 12.8. The topological polar surface area (TPSA) is 35.0 Å². The maximum Gasteiger partial charge on any atom is 0.147 e. The molecule has 0 N–H and O–H groups in total. The fourth-order valence-corrected chi connectivity index (χ4v) is 1.61. The van der Waals surface area contributed by atoms with Crippen molar-refractivity contribution in [2.24, 2.45) is 0 Å². The van der Waals surface area contributed by atoms with E-state index >= 15 is 0 Å². The molecule has 1 aromatic heterocycles. The number of hydrogen-bond donors (Lipinski definition) is 0. The number of ether oxygens (including phenoxy) is 1. The van der Waals surface area contributed by atoms with Crippen molar-refractivity contribution in [3.8, 4) is 17.0 Å². The summed E-state index contributed by atoms with van der Waals surface area (Å²) in [6, 6.07) is 4.31. The summed E-state index contributed by atoms with van der Waals surface area (Å²) in [5.41, 5.74) is 1.28. The molecular weight excluding hydrogens is 255 g/mol. The van der Waals surface area contributed by atoms with Gasteiger partial charge in [0.2, 0.25) is 0 Å². The first-order valence-corrected chi connectivity index (χ1v) is 5.88. The Bertz CT molecular complexity index is 543. The predicted molar refractivity (Wildman–Crippen MR) is 68.2 cm³/mol. The van der Waals surface area contributed by atoms with Gasteiger partial charge < -0.3 is 4.74 Å². The Balaban J connectivity index is 2.45. The Morgan fingerprint density at radius 2 is 2.00 bits per heavy atom. The van der Waals surface area contributed by atoms with E-state index in [4.69, 9.17) is 16.3 Å². The molecule has 0 radical (unpaired) electrons. The smallest absolute Gasteiger partial charge is 0.147 e. The van der Waals surface area contributed by atoms with Gasteiger partial charge in [0.25, 0.3) is 0 Å². The summed E-state index contributed by atoms with van der Waals surface area (Å²) in [6.45, 7) is 3.75. The van der Waals surface area contributed by atoms with Gasteiger partial charge in [0, 0.05) is 11.6 Å². The maximum atomic E-state index is 13.2. The zero-order chi connectivity index (χ0) is 13.1. The second-order valence-corrected chi connectivity index (χ2v) is 4.42. The quantitative estimate of drug-likeness (QED) is 0.849. The minimum absolute atomic E-state index is 0.0502. The Morgan fingerprint density at radius 1 is 1.22 bits per heavy atom. The van der Waals surface area contributed by atoms with Crippen LogP contribution in [0.25, 0.3) is 11.3 Å². The molecule has 0 fully saturated rings. The molecule has 2 rings (SSSR count). The molecule has 0 amide bonds. The Hall–Kier alpha value is -1.68. The van der Waals surface area contributed by atoms with Gasteiger partial charge in [-0.3, -0.25) is 4.98 Å². The third-order valence-electron chi connectivity index (χ3n) is 2.20. The van der Waals surface area contributed by atoms with Gasteiger partial charge in [-0.1, -0.05) is 11.6 Å². The summed E-state index contributed by atoms with van der Waals surface area (Å²) in [4.78, 5) is 8.10. The molecule has 0 unspecified atom stereocenters. The molecule has 18 heavy (non-hydrogen) atoms. The largest absolute Gasteiger partial charge is 0.490 e. The highest BCUT2D eigenvalue weighted by Crippen LogP contribution is 2.30. The number of halogens is 2. The molecule has 0 aliphatic rings. The van der Waals surface area contributed by atoms with Crippen LogP contribution in [0.2, 0.25) is 5.15 Å². The third-order valence-corrected chi connectivity index (χ3v) is 2.40. The van der Waals surface area contributed by atoms with E-state index in [-0.39, 0.29) is 11.9 Å². The average Bonchev–Trinajstić information content (AvgIpc) is 2.30. The van der Waals surface area contributed by atoms with E-state index in [0.29, 0.717) is 22.2 Å². The highest BCUT2D eigenvalue weighted by atomic mass is 35.5. The summed E-state index contributed by atoms with van der Waals surface area (Å²) >= 11 is 5.68. The molecule has 0 atom stereocenters. The van der Waals surface area contributed by atoms with E-state index in [1.54, 1.807) is 6.07 Å². The van der Waals surface area contributed by atoms with Gasteiger partial charge in [0.1, 0.15) is 16.7 Å². The molecule has 5 heteroatoms. The summed E-state index contributed by atoms with van der Waals surface area (Å²) < 4.78 is 18.8. The second kappa shape index (κ2) is 5.31. The SMILES string of the molecule is CC(C)Oc1cc(F)ccc1-c1cnc(Cl)cn1. The lowest BCUT2D eigenvalue weighted by molar-refractivity contribution is 0.242. The van der Waals surface area contributed by atoms with Crippen molar-refractivity contribution in [3.63, 3.8) is 0 Å². The van der Waals surface area contributed by atoms with Crippen molar-refractivity contribution >= 4 is 11.6 Å². The van der Waals surface area contributed by atoms with Crippen molar-refractivity contribution in [1.29, 1.82) is 0 Å². The standard InChI is InChI=1S/C13H12ClFN2O/c1-8(2)18-12-5-9(15)3-4-10(12)11-6-17-13(14)7-16-11/h3-8H,1-2H3. The van der Waals surface area contributed by atoms with Crippen LogP contribution in [0.1, 0.15) is 13.8 Å². The van der Waals surface area contributed by atoms with Gasteiger partial charge in [-0.15, -0.1) is 0 Å². The number of benzene rings is 1. The number of hydrogen-bond acceptors (Lipinski definition) is 3. The molecule has 1 heterocycles. The third kappa shape index (κ3) is 2.96. The summed E-state index contributed by atoms with van der Waals surface area (Å²) in [7, 11) is 0. The molecule has 0 spiro atoms.